The van der Waals surface area contributed by atoms with Crippen LogP contribution >= 0.6 is 27.5 Å². The summed E-state index contributed by atoms with van der Waals surface area (Å²) in [6, 6.07) is 5.00. The lowest BCUT2D eigenvalue weighted by molar-refractivity contribution is 0.549. The van der Waals surface area contributed by atoms with Crippen molar-refractivity contribution >= 4 is 27.5 Å². The summed E-state index contributed by atoms with van der Waals surface area (Å²) in [5, 5.41) is 8.34. The first-order valence-electron chi connectivity index (χ1n) is 6.81. The van der Waals surface area contributed by atoms with Crippen LogP contribution in [-0.4, -0.2) is 16.8 Å². The quantitative estimate of drug-likeness (QED) is 0.856. The SMILES string of the molecule is CCc1nn(C)c(CC(NC)c2cccc(F)c2Br)c1Cl. The van der Waals surface area contributed by atoms with Gasteiger partial charge in [0.25, 0.3) is 0 Å². The van der Waals surface area contributed by atoms with Gasteiger partial charge in [-0.3, -0.25) is 4.68 Å². The minimum absolute atomic E-state index is 0.0484. The van der Waals surface area contributed by atoms with Gasteiger partial charge in [-0.05, 0) is 41.0 Å². The Balaban J connectivity index is 2.36. The van der Waals surface area contributed by atoms with E-state index in [0.717, 1.165) is 23.4 Å². The summed E-state index contributed by atoms with van der Waals surface area (Å²) >= 11 is 9.71. The van der Waals surface area contributed by atoms with Crippen molar-refractivity contribution in [3.05, 3.63) is 50.5 Å². The molecule has 0 bridgehead atoms. The lowest BCUT2D eigenvalue weighted by Gasteiger charge is -2.19. The van der Waals surface area contributed by atoms with E-state index in [4.69, 9.17) is 11.6 Å². The zero-order valence-electron chi connectivity index (χ0n) is 12.3. The summed E-state index contributed by atoms with van der Waals surface area (Å²) in [6.45, 7) is 2.02. The number of benzene rings is 1. The van der Waals surface area contributed by atoms with Crippen molar-refractivity contribution in [3.8, 4) is 0 Å². The van der Waals surface area contributed by atoms with E-state index in [9.17, 15) is 4.39 Å². The Hall–Kier alpha value is -0.910. The molecule has 1 atom stereocenters. The third kappa shape index (κ3) is 3.30. The number of rotatable bonds is 5. The second-order valence-electron chi connectivity index (χ2n) is 4.87. The molecule has 0 aliphatic rings. The highest BCUT2D eigenvalue weighted by Crippen LogP contribution is 2.30. The van der Waals surface area contributed by atoms with Crippen LogP contribution in [-0.2, 0) is 19.9 Å². The first-order valence-corrected chi connectivity index (χ1v) is 7.98. The maximum Gasteiger partial charge on any atom is 0.137 e. The van der Waals surface area contributed by atoms with Crippen molar-refractivity contribution < 1.29 is 4.39 Å². The summed E-state index contributed by atoms with van der Waals surface area (Å²) in [5.74, 6) is -0.266. The van der Waals surface area contributed by atoms with Gasteiger partial charge >= 0.3 is 0 Å². The van der Waals surface area contributed by atoms with E-state index in [1.54, 1.807) is 10.7 Å². The summed E-state index contributed by atoms with van der Waals surface area (Å²) in [6.07, 6.45) is 1.43. The van der Waals surface area contributed by atoms with Crippen LogP contribution in [0, 0.1) is 5.82 Å². The molecule has 1 N–H and O–H groups in total. The van der Waals surface area contributed by atoms with E-state index >= 15 is 0 Å². The van der Waals surface area contributed by atoms with Crippen molar-refractivity contribution in [2.45, 2.75) is 25.8 Å². The van der Waals surface area contributed by atoms with Gasteiger partial charge in [-0.1, -0.05) is 30.7 Å². The van der Waals surface area contributed by atoms with Gasteiger partial charge in [-0.2, -0.15) is 5.10 Å². The summed E-state index contributed by atoms with van der Waals surface area (Å²) < 4.78 is 16.0. The molecule has 1 aromatic heterocycles. The second-order valence-corrected chi connectivity index (χ2v) is 6.04. The van der Waals surface area contributed by atoms with Gasteiger partial charge < -0.3 is 5.32 Å². The number of likely N-dealkylation sites (N-methyl/N-ethyl adjacent to an activating group) is 1. The Morgan fingerprint density at radius 3 is 2.76 bits per heavy atom. The molecule has 0 spiro atoms. The van der Waals surface area contributed by atoms with Gasteiger partial charge in [0.05, 0.1) is 20.9 Å². The molecule has 1 heterocycles. The van der Waals surface area contributed by atoms with Gasteiger partial charge in [0.15, 0.2) is 0 Å². The smallest absolute Gasteiger partial charge is 0.137 e. The zero-order valence-corrected chi connectivity index (χ0v) is 14.6. The summed E-state index contributed by atoms with van der Waals surface area (Å²) in [4.78, 5) is 0. The number of aryl methyl sites for hydroxylation is 2. The molecule has 2 aromatic rings. The molecule has 6 heteroatoms. The Bertz CT molecular complexity index is 642. The van der Waals surface area contributed by atoms with Crippen molar-refractivity contribution in [2.75, 3.05) is 7.05 Å². The van der Waals surface area contributed by atoms with Gasteiger partial charge in [0.1, 0.15) is 5.82 Å². The fourth-order valence-corrected chi connectivity index (χ4v) is 3.30. The van der Waals surface area contributed by atoms with E-state index in [1.165, 1.54) is 6.07 Å². The molecule has 0 radical (unpaired) electrons. The molecule has 1 aromatic carbocycles. The van der Waals surface area contributed by atoms with E-state index in [0.29, 0.717) is 15.9 Å². The predicted octanol–water partition coefficient (Wildman–Crippen LogP) is 4.04. The molecular weight excluding hydrogens is 357 g/mol. The van der Waals surface area contributed by atoms with E-state index in [-0.39, 0.29) is 11.9 Å². The Kier molecular flexibility index (Phi) is 5.41. The lowest BCUT2D eigenvalue weighted by Crippen LogP contribution is -2.21. The van der Waals surface area contributed by atoms with Crippen LogP contribution < -0.4 is 5.32 Å². The summed E-state index contributed by atoms with van der Waals surface area (Å²) in [5.41, 5.74) is 2.71. The van der Waals surface area contributed by atoms with Gasteiger partial charge in [-0.15, -0.1) is 0 Å². The highest BCUT2D eigenvalue weighted by atomic mass is 79.9. The Labute approximate surface area is 137 Å². The number of hydrogen-bond donors (Lipinski definition) is 1. The molecule has 21 heavy (non-hydrogen) atoms. The van der Waals surface area contributed by atoms with E-state index < -0.39 is 0 Å². The van der Waals surface area contributed by atoms with Gasteiger partial charge in [0.2, 0.25) is 0 Å². The van der Waals surface area contributed by atoms with Crippen molar-refractivity contribution in [3.63, 3.8) is 0 Å². The Morgan fingerprint density at radius 1 is 1.48 bits per heavy atom. The van der Waals surface area contributed by atoms with Gasteiger partial charge in [0, 0.05) is 19.5 Å². The average Bonchev–Trinajstić information content (AvgIpc) is 2.74. The van der Waals surface area contributed by atoms with E-state index in [1.807, 2.05) is 27.1 Å². The number of aromatic nitrogens is 2. The molecule has 0 saturated carbocycles. The van der Waals surface area contributed by atoms with Crippen LogP contribution in [0.25, 0.3) is 0 Å². The second kappa shape index (κ2) is 6.90. The largest absolute Gasteiger partial charge is 0.313 e. The Morgan fingerprint density at radius 2 is 2.19 bits per heavy atom. The molecule has 0 aliphatic carbocycles. The predicted molar refractivity (Wildman–Crippen MR) is 87.2 cm³/mol. The molecule has 114 valence electrons. The molecule has 0 aliphatic heterocycles. The highest BCUT2D eigenvalue weighted by molar-refractivity contribution is 9.10. The standard InChI is InChI=1S/C15H18BrClFN3/c1-4-11-15(17)13(21(3)20-11)8-12(19-2)9-6-5-7-10(18)14(9)16/h5-7,12,19H,4,8H2,1-3H3. The fourth-order valence-electron chi connectivity index (χ4n) is 2.39. The molecule has 1 unspecified atom stereocenters. The van der Waals surface area contributed by atoms with Crippen LogP contribution in [0.1, 0.15) is 29.9 Å². The third-order valence-corrected chi connectivity index (χ3v) is 4.88. The maximum atomic E-state index is 13.7. The first-order chi connectivity index (χ1) is 9.99. The van der Waals surface area contributed by atoms with Crippen LogP contribution in [0.2, 0.25) is 5.02 Å². The molecule has 2 rings (SSSR count). The normalized spacial score (nSPS) is 12.7. The van der Waals surface area contributed by atoms with Crippen LogP contribution in [0.3, 0.4) is 0 Å². The van der Waals surface area contributed by atoms with E-state index in [2.05, 4.69) is 26.3 Å². The average molecular weight is 375 g/mol. The van der Waals surface area contributed by atoms with Crippen molar-refractivity contribution in [1.29, 1.82) is 0 Å². The van der Waals surface area contributed by atoms with Crippen molar-refractivity contribution in [2.24, 2.45) is 7.05 Å². The van der Waals surface area contributed by atoms with Crippen LogP contribution in [0.15, 0.2) is 22.7 Å². The monoisotopic (exact) mass is 373 g/mol. The number of nitrogens with zero attached hydrogens (tertiary/aromatic N) is 2. The van der Waals surface area contributed by atoms with Gasteiger partial charge in [-0.25, -0.2) is 4.39 Å². The lowest BCUT2D eigenvalue weighted by atomic mass is 10.0. The zero-order chi connectivity index (χ0) is 15.6. The molecule has 0 fully saturated rings. The maximum absolute atomic E-state index is 13.7. The third-order valence-electron chi connectivity index (χ3n) is 3.61. The fraction of sp³-hybridized carbons (Fsp3) is 0.400. The molecule has 0 amide bonds. The first kappa shape index (κ1) is 16.5. The molecular formula is C15H18BrClFN3. The topological polar surface area (TPSA) is 29.9 Å². The minimum atomic E-state index is -0.266. The van der Waals surface area contributed by atoms with Crippen LogP contribution in [0.4, 0.5) is 4.39 Å². The number of hydrogen-bond acceptors (Lipinski definition) is 2. The number of halogens is 3. The molecule has 0 saturated heterocycles. The minimum Gasteiger partial charge on any atom is -0.313 e. The van der Waals surface area contributed by atoms with Crippen LogP contribution in [0.5, 0.6) is 0 Å². The summed E-state index contributed by atoms with van der Waals surface area (Å²) in [7, 11) is 3.74. The van der Waals surface area contributed by atoms with Crippen molar-refractivity contribution in [1.82, 2.24) is 15.1 Å². The highest BCUT2D eigenvalue weighted by Gasteiger charge is 2.20. The molecule has 3 nitrogen and oxygen atoms in total. The number of nitrogens with one attached hydrogen (secondary N) is 1.